The average Bonchev–Trinajstić information content (AvgIpc) is 2.37. The highest BCUT2D eigenvalue weighted by Crippen LogP contribution is 2.23. The molecule has 0 saturated heterocycles. The third-order valence-electron chi connectivity index (χ3n) is 2.47. The fourth-order valence-corrected chi connectivity index (χ4v) is 1.55. The highest BCUT2D eigenvalue weighted by Gasteiger charge is 2.28. The standard InChI is InChI=1S/C12H16FNO4/c1-2-18-12(17)11(16)10(15)9-5-8(13)4-3-7(9)6-14/h3-5,10-11,15-16H,2,6,14H2,1H3. The molecular formula is C12H16FNO4. The number of hydrogen-bond acceptors (Lipinski definition) is 5. The predicted octanol–water partition coefficient (Wildman–Crippen LogP) is 0.242. The first-order chi connectivity index (χ1) is 8.51. The summed E-state index contributed by atoms with van der Waals surface area (Å²) in [6, 6.07) is 3.62. The van der Waals surface area contributed by atoms with Gasteiger partial charge in [-0.25, -0.2) is 9.18 Å². The number of benzene rings is 1. The maximum Gasteiger partial charge on any atom is 0.338 e. The molecule has 0 heterocycles. The first-order valence-corrected chi connectivity index (χ1v) is 5.52. The Morgan fingerprint density at radius 2 is 2.17 bits per heavy atom. The van der Waals surface area contributed by atoms with Gasteiger partial charge in [-0.2, -0.15) is 0 Å². The van der Waals surface area contributed by atoms with Gasteiger partial charge in [-0.3, -0.25) is 0 Å². The number of carbonyl (C=O) groups is 1. The van der Waals surface area contributed by atoms with Crippen LogP contribution in [0, 0.1) is 5.82 Å². The van der Waals surface area contributed by atoms with Gasteiger partial charge < -0.3 is 20.7 Å². The van der Waals surface area contributed by atoms with Gasteiger partial charge in [0.1, 0.15) is 11.9 Å². The minimum absolute atomic E-state index is 0.0578. The molecule has 0 amide bonds. The summed E-state index contributed by atoms with van der Waals surface area (Å²) >= 11 is 0. The summed E-state index contributed by atoms with van der Waals surface area (Å²) in [6.07, 6.45) is -3.34. The van der Waals surface area contributed by atoms with Crippen LogP contribution in [0.3, 0.4) is 0 Å². The fraction of sp³-hybridized carbons (Fsp3) is 0.417. The van der Waals surface area contributed by atoms with Crippen LogP contribution in [0.1, 0.15) is 24.2 Å². The van der Waals surface area contributed by atoms with Crippen molar-refractivity contribution >= 4 is 5.97 Å². The van der Waals surface area contributed by atoms with Gasteiger partial charge in [-0.15, -0.1) is 0 Å². The van der Waals surface area contributed by atoms with Gasteiger partial charge in [0.2, 0.25) is 0 Å². The molecule has 0 aromatic heterocycles. The Morgan fingerprint density at radius 1 is 1.50 bits per heavy atom. The van der Waals surface area contributed by atoms with E-state index in [9.17, 15) is 19.4 Å². The van der Waals surface area contributed by atoms with E-state index >= 15 is 0 Å². The highest BCUT2D eigenvalue weighted by atomic mass is 19.1. The smallest absolute Gasteiger partial charge is 0.338 e. The van der Waals surface area contributed by atoms with Gasteiger partial charge in [0, 0.05) is 6.54 Å². The second-order valence-electron chi connectivity index (χ2n) is 3.69. The number of aliphatic hydroxyl groups excluding tert-OH is 2. The Labute approximate surface area is 104 Å². The van der Waals surface area contributed by atoms with Gasteiger partial charge in [0.15, 0.2) is 6.10 Å². The first-order valence-electron chi connectivity index (χ1n) is 5.52. The lowest BCUT2D eigenvalue weighted by molar-refractivity contribution is -0.159. The summed E-state index contributed by atoms with van der Waals surface area (Å²) in [5, 5.41) is 19.4. The summed E-state index contributed by atoms with van der Waals surface area (Å²) in [7, 11) is 0. The van der Waals surface area contributed by atoms with Crippen LogP contribution in [0.2, 0.25) is 0 Å². The van der Waals surface area contributed by atoms with Crippen molar-refractivity contribution in [2.24, 2.45) is 5.73 Å². The van der Waals surface area contributed by atoms with Gasteiger partial charge in [-0.05, 0) is 30.2 Å². The second-order valence-corrected chi connectivity index (χ2v) is 3.69. The van der Waals surface area contributed by atoms with E-state index in [1.54, 1.807) is 6.92 Å². The lowest BCUT2D eigenvalue weighted by Gasteiger charge is -2.19. The monoisotopic (exact) mass is 257 g/mol. The number of nitrogens with two attached hydrogens (primary N) is 1. The normalized spacial score (nSPS) is 14.1. The third-order valence-corrected chi connectivity index (χ3v) is 2.47. The van der Waals surface area contributed by atoms with Crippen molar-refractivity contribution in [3.05, 3.63) is 35.1 Å². The van der Waals surface area contributed by atoms with Crippen LogP contribution >= 0.6 is 0 Å². The minimum Gasteiger partial charge on any atom is -0.464 e. The van der Waals surface area contributed by atoms with Crippen LogP contribution in [-0.4, -0.2) is 28.9 Å². The van der Waals surface area contributed by atoms with Crippen LogP contribution in [0.25, 0.3) is 0 Å². The molecule has 2 atom stereocenters. The van der Waals surface area contributed by atoms with E-state index in [1.165, 1.54) is 12.1 Å². The van der Waals surface area contributed by atoms with E-state index in [4.69, 9.17) is 5.73 Å². The number of ether oxygens (including phenoxy) is 1. The Hall–Kier alpha value is -1.50. The van der Waals surface area contributed by atoms with Crippen LogP contribution in [0.5, 0.6) is 0 Å². The van der Waals surface area contributed by atoms with E-state index in [2.05, 4.69) is 4.74 Å². The number of hydrogen-bond donors (Lipinski definition) is 3. The molecule has 0 aliphatic rings. The Balaban J connectivity index is 2.98. The molecule has 6 heteroatoms. The van der Waals surface area contributed by atoms with E-state index in [0.717, 1.165) is 6.07 Å². The molecule has 4 N–H and O–H groups in total. The molecule has 0 aliphatic heterocycles. The molecule has 5 nitrogen and oxygen atoms in total. The molecule has 1 rings (SSSR count). The van der Waals surface area contributed by atoms with Crippen molar-refractivity contribution in [2.75, 3.05) is 6.61 Å². The highest BCUT2D eigenvalue weighted by molar-refractivity contribution is 5.75. The van der Waals surface area contributed by atoms with Gasteiger partial charge >= 0.3 is 5.97 Å². The molecule has 0 bridgehead atoms. The summed E-state index contributed by atoms with van der Waals surface area (Å²) in [4.78, 5) is 11.3. The second kappa shape index (κ2) is 6.44. The molecule has 18 heavy (non-hydrogen) atoms. The molecule has 0 saturated carbocycles. The fourth-order valence-electron chi connectivity index (χ4n) is 1.55. The molecule has 0 fully saturated rings. The summed E-state index contributed by atoms with van der Waals surface area (Å²) < 4.78 is 17.7. The number of aliphatic hydroxyl groups is 2. The zero-order valence-corrected chi connectivity index (χ0v) is 9.97. The van der Waals surface area contributed by atoms with Gasteiger partial charge in [0.25, 0.3) is 0 Å². The predicted molar refractivity (Wildman–Crippen MR) is 61.9 cm³/mol. The van der Waals surface area contributed by atoms with Crippen molar-refractivity contribution in [2.45, 2.75) is 25.7 Å². The largest absolute Gasteiger partial charge is 0.464 e. The maximum absolute atomic E-state index is 13.1. The van der Waals surface area contributed by atoms with Crippen LogP contribution < -0.4 is 5.73 Å². The van der Waals surface area contributed by atoms with Crippen molar-refractivity contribution in [3.8, 4) is 0 Å². The van der Waals surface area contributed by atoms with E-state index in [1.807, 2.05) is 0 Å². The lowest BCUT2D eigenvalue weighted by atomic mass is 9.98. The first kappa shape index (κ1) is 14.6. The van der Waals surface area contributed by atoms with E-state index < -0.39 is 24.0 Å². The third kappa shape index (κ3) is 3.25. The summed E-state index contributed by atoms with van der Waals surface area (Å²) in [5.41, 5.74) is 5.97. The molecule has 1 aromatic carbocycles. The molecule has 0 radical (unpaired) electrons. The molecule has 2 unspecified atom stereocenters. The zero-order chi connectivity index (χ0) is 13.7. The van der Waals surface area contributed by atoms with Crippen molar-refractivity contribution in [1.29, 1.82) is 0 Å². The number of rotatable bonds is 5. The molecule has 0 aliphatic carbocycles. The average molecular weight is 257 g/mol. The SMILES string of the molecule is CCOC(=O)C(O)C(O)c1cc(F)ccc1CN. The van der Waals surface area contributed by atoms with Crippen LogP contribution in [-0.2, 0) is 16.1 Å². The van der Waals surface area contributed by atoms with Gasteiger partial charge in [0.05, 0.1) is 6.61 Å². The van der Waals surface area contributed by atoms with E-state index in [0.29, 0.717) is 5.56 Å². The Morgan fingerprint density at radius 3 is 2.72 bits per heavy atom. The maximum atomic E-state index is 13.1. The zero-order valence-electron chi connectivity index (χ0n) is 9.97. The summed E-state index contributed by atoms with van der Waals surface area (Å²) in [6.45, 7) is 1.71. The topological polar surface area (TPSA) is 92.8 Å². The molecule has 1 aromatic rings. The lowest BCUT2D eigenvalue weighted by Crippen LogP contribution is -2.30. The van der Waals surface area contributed by atoms with Crippen molar-refractivity contribution in [3.63, 3.8) is 0 Å². The molecule has 100 valence electrons. The van der Waals surface area contributed by atoms with Gasteiger partial charge in [-0.1, -0.05) is 6.07 Å². The number of carbonyl (C=O) groups excluding carboxylic acids is 1. The molecular weight excluding hydrogens is 241 g/mol. The number of esters is 1. The number of halogens is 1. The molecule has 0 spiro atoms. The quantitative estimate of drug-likeness (QED) is 0.657. The van der Waals surface area contributed by atoms with Crippen LogP contribution in [0.4, 0.5) is 4.39 Å². The van der Waals surface area contributed by atoms with Crippen LogP contribution in [0.15, 0.2) is 18.2 Å². The minimum atomic E-state index is -1.77. The Bertz CT molecular complexity index is 425. The van der Waals surface area contributed by atoms with Crippen molar-refractivity contribution < 1.29 is 24.1 Å². The van der Waals surface area contributed by atoms with Crippen molar-refractivity contribution in [1.82, 2.24) is 0 Å². The van der Waals surface area contributed by atoms with E-state index in [-0.39, 0.29) is 18.7 Å². The summed E-state index contributed by atoms with van der Waals surface area (Å²) in [5.74, 6) is -1.55. The Kier molecular flexibility index (Phi) is 5.21.